The molecule has 0 saturated carbocycles. The molecule has 66 heavy (non-hydrogen) atoms. The van der Waals surface area contributed by atoms with Crippen molar-refractivity contribution in [1.29, 1.82) is 0 Å². The average Bonchev–Trinajstić information content (AvgIpc) is 3.31. The maximum absolute atomic E-state index is 13.3. The number of aliphatic hydroxyl groups excluding tert-OH is 2. The molecule has 0 heterocycles. The van der Waals surface area contributed by atoms with Crippen LogP contribution in [0.1, 0.15) is 310 Å². The highest BCUT2D eigenvalue weighted by molar-refractivity contribution is 5.77. The molecule has 0 fully saturated rings. The van der Waals surface area contributed by atoms with Crippen LogP contribution in [0.4, 0.5) is 0 Å². The molecule has 0 aliphatic carbocycles. The number of esters is 1. The smallest absolute Gasteiger partial charge is 0.306 e. The van der Waals surface area contributed by atoms with Gasteiger partial charge in [-0.25, -0.2) is 0 Å². The average molecular weight is 929 g/mol. The summed E-state index contributed by atoms with van der Waals surface area (Å²) in [7, 11) is 0. The molecule has 0 aromatic carbocycles. The number of aliphatic hydroxyl groups is 2. The van der Waals surface area contributed by atoms with Gasteiger partial charge < -0.3 is 20.3 Å². The van der Waals surface area contributed by atoms with Crippen molar-refractivity contribution < 1.29 is 24.5 Å². The van der Waals surface area contributed by atoms with E-state index in [1.807, 2.05) is 0 Å². The summed E-state index contributed by atoms with van der Waals surface area (Å²) in [5, 5.41) is 23.9. The standard InChI is InChI=1S/C60H113NO5/c1-4-7-10-13-16-19-22-25-27-29-31-34-36-39-42-45-48-51-56(66-60(65)53-50-47-44-41-38-35-32-30-28-26-23-20-17-14-11-8-5-2)54-59(64)61-57(55-62)58(63)52-49-46-43-40-37-33-24-21-18-15-12-9-6-3/h17,20,25-28,56-58,62-63H,4-16,18-19,21-24,29-55H2,1-3H3,(H,61,64)/b20-17-,27-25+,28-26-. The third-order valence-electron chi connectivity index (χ3n) is 13.4. The molecule has 0 aliphatic heterocycles. The van der Waals surface area contributed by atoms with Crippen molar-refractivity contribution in [3.63, 3.8) is 0 Å². The highest BCUT2D eigenvalue weighted by atomic mass is 16.5. The van der Waals surface area contributed by atoms with E-state index in [4.69, 9.17) is 4.74 Å². The second-order valence-corrected chi connectivity index (χ2v) is 20.0. The van der Waals surface area contributed by atoms with Crippen LogP contribution < -0.4 is 5.32 Å². The van der Waals surface area contributed by atoms with E-state index in [9.17, 15) is 19.8 Å². The molecule has 1 amide bonds. The zero-order valence-corrected chi connectivity index (χ0v) is 44.3. The number of carbonyl (C=O) groups is 2. The van der Waals surface area contributed by atoms with Crippen LogP contribution in [0.5, 0.6) is 0 Å². The number of unbranched alkanes of at least 4 members (excludes halogenated alkanes) is 35. The predicted octanol–water partition coefficient (Wildman–Crippen LogP) is 18.0. The van der Waals surface area contributed by atoms with Crippen molar-refractivity contribution in [1.82, 2.24) is 5.32 Å². The Bertz CT molecular complexity index is 1090. The van der Waals surface area contributed by atoms with Crippen molar-refractivity contribution in [2.75, 3.05) is 6.61 Å². The summed E-state index contributed by atoms with van der Waals surface area (Å²) < 4.78 is 5.97. The molecule has 388 valence electrons. The van der Waals surface area contributed by atoms with E-state index in [-0.39, 0.29) is 24.9 Å². The van der Waals surface area contributed by atoms with Crippen molar-refractivity contribution in [3.05, 3.63) is 36.5 Å². The van der Waals surface area contributed by atoms with Crippen molar-refractivity contribution in [2.24, 2.45) is 0 Å². The second kappa shape index (κ2) is 54.0. The zero-order valence-electron chi connectivity index (χ0n) is 44.3. The van der Waals surface area contributed by atoms with E-state index >= 15 is 0 Å². The van der Waals surface area contributed by atoms with Crippen LogP contribution in [-0.4, -0.2) is 46.9 Å². The Hall–Kier alpha value is -1.92. The first-order valence-electron chi connectivity index (χ1n) is 29.2. The summed E-state index contributed by atoms with van der Waals surface area (Å²) >= 11 is 0. The molecule has 0 aromatic rings. The SMILES string of the molecule is CCCCC/C=C\C/C=C\CCCCCCCCCC(=O)OC(CCCCCCCCC/C=C/CCCCCCCC)CC(=O)NC(CO)C(O)CCCCCCCCCCCCCCC. The molecule has 6 heteroatoms. The third-order valence-corrected chi connectivity index (χ3v) is 13.4. The molecular formula is C60H113NO5. The minimum Gasteiger partial charge on any atom is -0.462 e. The van der Waals surface area contributed by atoms with Gasteiger partial charge in [0, 0.05) is 6.42 Å². The van der Waals surface area contributed by atoms with Crippen LogP contribution in [0.3, 0.4) is 0 Å². The van der Waals surface area contributed by atoms with Gasteiger partial charge in [0.05, 0.1) is 25.2 Å². The van der Waals surface area contributed by atoms with Crippen LogP contribution in [0.25, 0.3) is 0 Å². The summed E-state index contributed by atoms with van der Waals surface area (Å²) in [5.41, 5.74) is 0. The molecule has 0 spiro atoms. The molecule has 6 nitrogen and oxygen atoms in total. The number of nitrogens with one attached hydrogen (secondary N) is 1. The number of carbonyl (C=O) groups excluding carboxylic acids is 2. The first-order valence-corrected chi connectivity index (χ1v) is 29.2. The lowest BCUT2D eigenvalue weighted by Crippen LogP contribution is -2.46. The van der Waals surface area contributed by atoms with Gasteiger partial charge in [-0.2, -0.15) is 0 Å². The van der Waals surface area contributed by atoms with Crippen LogP contribution in [-0.2, 0) is 14.3 Å². The maximum atomic E-state index is 13.3. The first-order chi connectivity index (χ1) is 32.5. The van der Waals surface area contributed by atoms with E-state index in [0.29, 0.717) is 19.3 Å². The van der Waals surface area contributed by atoms with Gasteiger partial charge in [-0.1, -0.05) is 250 Å². The number of hydrogen-bond acceptors (Lipinski definition) is 5. The number of amides is 1. The Kier molecular flexibility index (Phi) is 52.5. The summed E-state index contributed by atoms with van der Waals surface area (Å²) in [4.78, 5) is 26.3. The fourth-order valence-corrected chi connectivity index (χ4v) is 8.99. The van der Waals surface area contributed by atoms with E-state index in [1.54, 1.807) is 0 Å². The van der Waals surface area contributed by atoms with E-state index in [1.165, 1.54) is 199 Å². The molecule has 3 N–H and O–H groups in total. The molecule has 0 saturated heterocycles. The number of allylic oxidation sites excluding steroid dienone is 6. The highest BCUT2D eigenvalue weighted by Crippen LogP contribution is 2.18. The summed E-state index contributed by atoms with van der Waals surface area (Å²) in [6.07, 6.45) is 64.9. The highest BCUT2D eigenvalue weighted by Gasteiger charge is 2.24. The Morgan fingerprint density at radius 3 is 1.20 bits per heavy atom. The van der Waals surface area contributed by atoms with E-state index in [2.05, 4.69) is 62.5 Å². The summed E-state index contributed by atoms with van der Waals surface area (Å²) in [6, 6.07) is -0.703. The molecule has 0 bridgehead atoms. The van der Waals surface area contributed by atoms with Crippen molar-refractivity contribution in [2.45, 2.75) is 328 Å². The van der Waals surface area contributed by atoms with Gasteiger partial charge in [-0.3, -0.25) is 9.59 Å². The van der Waals surface area contributed by atoms with Gasteiger partial charge in [0.15, 0.2) is 0 Å². The number of hydrogen-bond donors (Lipinski definition) is 3. The molecule has 3 atom stereocenters. The normalized spacial score (nSPS) is 13.3. The second-order valence-electron chi connectivity index (χ2n) is 20.0. The van der Waals surface area contributed by atoms with Gasteiger partial charge in [-0.05, 0) is 83.5 Å². The molecule has 0 aliphatic rings. The lowest BCUT2D eigenvalue weighted by Gasteiger charge is -2.24. The van der Waals surface area contributed by atoms with Crippen molar-refractivity contribution in [3.8, 4) is 0 Å². The largest absolute Gasteiger partial charge is 0.462 e. The van der Waals surface area contributed by atoms with Crippen molar-refractivity contribution >= 4 is 11.9 Å². The summed E-state index contributed by atoms with van der Waals surface area (Å²) in [5.74, 6) is -0.472. The van der Waals surface area contributed by atoms with E-state index in [0.717, 1.165) is 64.2 Å². The van der Waals surface area contributed by atoms with Crippen LogP contribution in [0.15, 0.2) is 36.5 Å². The molecular weight excluding hydrogens is 815 g/mol. The lowest BCUT2D eigenvalue weighted by molar-refractivity contribution is -0.151. The minimum atomic E-state index is -0.789. The molecule has 0 aromatic heterocycles. The van der Waals surface area contributed by atoms with Gasteiger partial charge in [0.2, 0.25) is 5.91 Å². The zero-order chi connectivity index (χ0) is 48.1. The topological polar surface area (TPSA) is 95.9 Å². The Morgan fingerprint density at radius 2 is 0.773 bits per heavy atom. The van der Waals surface area contributed by atoms with Crippen LogP contribution in [0.2, 0.25) is 0 Å². The third kappa shape index (κ3) is 48.5. The summed E-state index contributed by atoms with van der Waals surface area (Å²) in [6.45, 7) is 6.48. The molecule has 0 rings (SSSR count). The monoisotopic (exact) mass is 928 g/mol. The van der Waals surface area contributed by atoms with E-state index < -0.39 is 18.2 Å². The van der Waals surface area contributed by atoms with Gasteiger partial charge >= 0.3 is 5.97 Å². The van der Waals surface area contributed by atoms with Gasteiger partial charge in [0.1, 0.15) is 6.10 Å². The minimum absolute atomic E-state index is 0.0744. The Labute approximate surface area is 411 Å². The molecule has 3 unspecified atom stereocenters. The Morgan fingerprint density at radius 1 is 0.439 bits per heavy atom. The predicted molar refractivity (Wildman–Crippen MR) is 287 cm³/mol. The number of ether oxygens (including phenoxy) is 1. The van der Waals surface area contributed by atoms with Crippen LogP contribution in [0, 0.1) is 0 Å². The maximum Gasteiger partial charge on any atom is 0.306 e. The fraction of sp³-hybridized carbons (Fsp3) is 0.867. The Balaban J connectivity index is 4.56. The number of rotatable bonds is 53. The fourth-order valence-electron chi connectivity index (χ4n) is 8.99. The van der Waals surface area contributed by atoms with Gasteiger partial charge in [0.25, 0.3) is 0 Å². The van der Waals surface area contributed by atoms with Crippen LogP contribution >= 0.6 is 0 Å². The lowest BCUT2D eigenvalue weighted by atomic mass is 10.0. The quantitative estimate of drug-likeness (QED) is 0.0321. The first kappa shape index (κ1) is 64.1. The molecule has 0 radical (unpaired) electrons. The van der Waals surface area contributed by atoms with Gasteiger partial charge in [-0.15, -0.1) is 0 Å².